The predicted octanol–water partition coefficient (Wildman–Crippen LogP) is 3.41. The van der Waals surface area contributed by atoms with Gasteiger partial charge in [0.25, 0.3) is 5.91 Å². The highest BCUT2D eigenvalue weighted by atomic mass is 79.9. The summed E-state index contributed by atoms with van der Waals surface area (Å²) in [6.45, 7) is 1.76. The van der Waals surface area contributed by atoms with Crippen LogP contribution in [0.5, 0.6) is 5.75 Å². The van der Waals surface area contributed by atoms with Gasteiger partial charge in [-0.25, -0.2) is 5.43 Å². The third-order valence-corrected chi connectivity index (χ3v) is 3.66. The van der Waals surface area contributed by atoms with Crippen molar-refractivity contribution in [1.29, 1.82) is 0 Å². The third-order valence-electron chi connectivity index (χ3n) is 3.13. The second-order valence-electron chi connectivity index (χ2n) is 4.85. The SMILES string of the molecule is COc1ccccc1NC(C)C(=O)NN=Cc1ccc(Br)cc1. The lowest BCUT2D eigenvalue weighted by Crippen LogP contribution is -2.35. The van der Waals surface area contributed by atoms with Crippen LogP contribution in [-0.2, 0) is 4.79 Å². The van der Waals surface area contributed by atoms with Crippen LogP contribution in [0.1, 0.15) is 12.5 Å². The lowest BCUT2D eigenvalue weighted by molar-refractivity contribution is -0.121. The number of hydrazone groups is 1. The zero-order valence-electron chi connectivity index (χ0n) is 12.9. The molecule has 0 aliphatic heterocycles. The Morgan fingerprint density at radius 2 is 1.91 bits per heavy atom. The van der Waals surface area contributed by atoms with Crippen LogP contribution < -0.4 is 15.5 Å². The zero-order chi connectivity index (χ0) is 16.7. The van der Waals surface area contributed by atoms with Crippen LogP contribution in [0.15, 0.2) is 58.1 Å². The Labute approximate surface area is 143 Å². The van der Waals surface area contributed by atoms with Crippen LogP contribution >= 0.6 is 15.9 Å². The Morgan fingerprint density at radius 3 is 2.61 bits per heavy atom. The van der Waals surface area contributed by atoms with E-state index in [-0.39, 0.29) is 5.91 Å². The van der Waals surface area contributed by atoms with Gasteiger partial charge < -0.3 is 10.1 Å². The molecule has 5 nitrogen and oxygen atoms in total. The maximum atomic E-state index is 12.1. The molecule has 0 aliphatic carbocycles. The molecule has 6 heteroatoms. The van der Waals surface area contributed by atoms with Crippen LogP contribution in [0.2, 0.25) is 0 Å². The molecule has 0 spiro atoms. The van der Waals surface area contributed by atoms with Crippen molar-refractivity contribution < 1.29 is 9.53 Å². The summed E-state index contributed by atoms with van der Waals surface area (Å²) in [5, 5.41) is 7.07. The molecule has 1 unspecified atom stereocenters. The van der Waals surface area contributed by atoms with E-state index in [1.807, 2.05) is 48.5 Å². The van der Waals surface area contributed by atoms with E-state index in [0.717, 1.165) is 15.7 Å². The molecule has 1 atom stereocenters. The van der Waals surface area contributed by atoms with Gasteiger partial charge in [0.05, 0.1) is 19.0 Å². The van der Waals surface area contributed by atoms with Gasteiger partial charge in [-0.05, 0) is 36.8 Å². The molecule has 23 heavy (non-hydrogen) atoms. The number of nitrogens with zero attached hydrogens (tertiary/aromatic N) is 1. The first-order valence-corrected chi connectivity index (χ1v) is 7.87. The minimum atomic E-state index is -0.451. The highest BCUT2D eigenvalue weighted by molar-refractivity contribution is 9.10. The highest BCUT2D eigenvalue weighted by Crippen LogP contribution is 2.23. The molecule has 0 aromatic heterocycles. The van der Waals surface area contributed by atoms with Crippen LogP contribution in [-0.4, -0.2) is 25.3 Å². The van der Waals surface area contributed by atoms with Crippen molar-refractivity contribution in [2.24, 2.45) is 5.10 Å². The Morgan fingerprint density at radius 1 is 1.22 bits per heavy atom. The van der Waals surface area contributed by atoms with E-state index in [0.29, 0.717) is 5.75 Å². The summed E-state index contributed by atoms with van der Waals surface area (Å²) in [6.07, 6.45) is 1.60. The summed E-state index contributed by atoms with van der Waals surface area (Å²) in [5.41, 5.74) is 4.18. The van der Waals surface area contributed by atoms with E-state index < -0.39 is 6.04 Å². The number of rotatable bonds is 6. The van der Waals surface area contributed by atoms with Gasteiger partial charge in [0.2, 0.25) is 0 Å². The summed E-state index contributed by atoms with van der Waals surface area (Å²) in [6, 6.07) is 14.6. The van der Waals surface area contributed by atoms with Crippen molar-refractivity contribution in [2.45, 2.75) is 13.0 Å². The van der Waals surface area contributed by atoms with E-state index in [9.17, 15) is 4.79 Å². The van der Waals surface area contributed by atoms with E-state index >= 15 is 0 Å². The molecular formula is C17H18BrN3O2. The van der Waals surface area contributed by atoms with Gasteiger partial charge >= 0.3 is 0 Å². The average molecular weight is 376 g/mol. The lowest BCUT2D eigenvalue weighted by Gasteiger charge is -2.15. The second-order valence-corrected chi connectivity index (χ2v) is 5.77. The largest absolute Gasteiger partial charge is 0.495 e. The van der Waals surface area contributed by atoms with E-state index in [2.05, 4.69) is 31.8 Å². The molecule has 2 aromatic carbocycles. The monoisotopic (exact) mass is 375 g/mol. The molecule has 0 radical (unpaired) electrons. The summed E-state index contributed by atoms with van der Waals surface area (Å²) < 4.78 is 6.24. The number of halogens is 1. The Bertz CT molecular complexity index is 686. The van der Waals surface area contributed by atoms with Crippen molar-refractivity contribution in [3.8, 4) is 5.75 Å². The van der Waals surface area contributed by atoms with E-state index in [1.54, 1.807) is 20.2 Å². The van der Waals surface area contributed by atoms with Crippen LogP contribution in [0.3, 0.4) is 0 Å². The number of amides is 1. The minimum absolute atomic E-state index is 0.232. The number of carbonyl (C=O) groups is 1. The molecule has 0 saturated carbocycles. The van der Waals surface area contributed by atoms with Gasteiger partial charge in [-0.1, -0.05) is 40.2 Å². The number of para-hydroxylation sites is 2. The zero-order valence-corrected chi connectivity index (χ0v) is 14.5. The number of methoxy groups -OCH3 is 1. The number of nitrogens with one attached hydrogen (secondary N) is 2. The maximum Gasteiger partial charge on any atom is 0.262 e. The third kappa shape index (κ3) is 5.10. The van der Waals surface area contributed by atoms with Gasteiger partial charge in [-0.3, -0.25) is 4.79 Å². The maximum absolute atomic E-state index is 12.1. The number of anilines is 1. The smallest absolute Gasteiger partial charge is 0.262 e. The van der Waals surface area contributed by atoms with E-state index in [1.165, 1.54) is 0 Å². The Balaban J connectivity index is 1.91. The normalized spacial score (nSPS) is 12.0. The molecule has 0 bridgehead atoms. The van der Waals surface area contributed by atoms with Gasteiger partial charge in [0, 0.05) is 4.47 Å². The first-order chi connectivity index (χ1) is 11.1. The quantitative estimate of drug-likeness (QED) is 0.600. The Kier molecular flexibility index (Phi) is 6.17. The fraction of sp³-hybridized carbons (Fsp3) is 0.176. The van der Waals surface area contributed by atoms with E-state index in [4.69, 9.17) is 4.74 Å². The molecule has 0 fully saturated rings. The van der Waals surface area contributed by atoms with Crippen molar-refractivity contribution in [1.82, 2.24) is 5.43 Å². The topological polar surface area (TPSA) is 62.7 Å². The van der Waals surface area contributed by atoms with Crippen molar-refractivity contribution >= 4 is 33.7 Å². The summed E-state index contributed by atoms with van der Waals surface area (Å²) >= 11 is 3.37. The molecule has 120 valence electrons. The number of hydrogen-bond acceptors (Lipinski definition) is 4. The minimum Gasteiger partial charge on any atom is -0.495 e. The number of carbonyl (C=O) groups excluding carboxylic acids is 1. The first kappa shape index (κ1) is 17.0. The average Bonchev–Trinajstić information content (AvgIpc) is 2.57. The summed E-state index contributed by atoms with van der Waals surface area (Å²) in [5.74, 6) is 0.454. The highest BCUT2D eigenvalue weighted by Gasteiger charge is 2.13. The van der Waals surface area contributed by atoms with Gasteiger partial charge in [-0.2, -0.15) is 5.10 Å². The van der Waals surface area contributed by atoms with Gasteiger partial charge in [-0.15, -0.1) is 0 Å². The predicted molar refractivity (Wildman–Crippen MR) is 96.0 cm³/mol. The number of hydrogen-bond donors (Lipinski definition) is 2. The standard InChI is InChI=1S/C17H18BrN3O2/c1-12(20-15-5-3-4-6-16(15)23-2)17(22)21-19-11-13-7-9-14(18)10-8-13/h3-12,20H,1-2H3,(H,21,22). The Hall–Kier alpha value is -2.34. The fourth-order valence-electron chi connectivity index (χ4n) is 1.88. The van der Waals surface area contributed by atoms with Crippen molar-refractivity contribution in [2.75, 3.05) is 12.4 Å². The summed E-state index contributed by atoms with van der Waals surface area (Å²) in [7, 11) is 1.59. The first-order valence-electron chi connectivity index (χ1n) is 7.08. The molecule has 2 N–H and O–H groups in total. The van der Waals surface area contributed by atoms with Crippen LogP contribution in [0.4, 0.5) is 5.69 Å². The van der Waals surface area contributed by atoms with Gasteiger partial charge in [0.15, 0.2) is 0 Å². The molecule has 0 aliphatic rings. The molecule has 2 rings (SSSR count). The molecule has 0 heterocycles. The van der Waals surface area contributed by atoms with Crippen molar-refractivity contribution in [3.63, 3.8) is 0 Å². The lowest BCUT2D eigenvalue weighted by atomic mass is 10.2. The fourth-order valence-corrected chi connectivity index (χ4v) is 2.14. The van der Waals surface area contributed by atoms with Crippen LogP contribution in [0.25, 0.3) is 0 Å². The number of ether oxygens (including phenoxy) is 1. The molecular weight excluding hydrogens is 358 g/mol. The van der Waals surface area contributed by atoms with Gasteiger partial charge in [0.1, 0.15) is 11.8 Å². The number of benzene rings is 2. The van der Waals surface area contributed by atoms with Crippen molar-refractivity contribution in [3.05, 3.63) is 58.6 Å². The van der Waals surface area contributed by atoms with Crippen LogP contribution in [0, 0.1) is 0 Å². The molecule has 2 aromatic rings. The summed E-state index contributed by atoms with van der Waals surface area (Å²) in [4.78, 5) is 12.1. The second kappa shape index (κ2) is 8.33. The molecule has 0 saturated heterocycles. The molecule has 1 amide bonds.